The van der Waals surface area contributed by atoms with Crippen molar-refractivity contribution < 1.29 is 13.2 Å². The van der Waals surface area contributed by atoms with Crippen molar-refractivity contribution in [3.63, 3.8) is 0 Å². The first-order chi connectivity index (χ1) is 9.00. The monoisotopic (exact) mass is 299 g/mol. The maximum atomic E-state index is 11.9. The molecule has 0 aliphatic carbocycles. The predicted molar refractivity (Wildman–Crippen MR) is 78.5 cm³/mol. The summed E-state index contributed by atoms with van der Waals surface area (Å²) in [7, 11) is -3.78. The zero-order valence-corrected chi connectivity index (χ0v) is 12.7. The van der Waals surface area contributed by atoms with E-state index in [0.29, 0.717) is 5.69 Å². The molecule has 1 aromatic carbocycles. The minimum atomic E-state index is -3.78. The van der Waals surface area contributed by atoms with E-state index in [1.165, 1.54) is 18.2 Å². The lowest BCUT2D eigenvalue weighted by atomic mass is 9.85. The van der Waals surface area contributed by atoms with Crippen LogP contribution in [0, 0.1) is 5.41 Å². The summed E-state index contributed by atoms with van der Waals surface area (Å²) in [6.07, 6.45) is 0.156. The van der Waals surface area contributed by atoms with Crippen LogP contribution in [0.25, 0.3) is 0 Å². The van der Waals surface area contributed by atoms with Gasteiger partial charge in [0.15, 0.2) is 0 Å². The van der Waals surface area contributed by atoms with Crippen molar-refractivity contribution in [1.29, 1.82) is 0 Å². The number of sulfonamides is 1. The summed E-state index contributed by atoms with van der Waals surface area (Å²) >= 11 is 0. The molecule has 1 rings (SSSR count). The minimum absolute atomic E-state index is 0.0459. The molecule has 1 unspecified atom stereocenters. The molecule has 7 heteroatoms. The number of primary sulfonamides is 1. The molecule has 0 heterocycles. The summed E-state index contributed by atoms with van der Waals surface area (Å²) in [5.74, 6) is -0.265. The van der Waals surface area contributed by atoms with Crippen molar-refractivity contribution in [2.75, 3.05) is 5.32 Å². The number of benzene rings is 1. The Balaban J connectivity index is 2.77. The molecule has 0 bridgehead atoms. The van der Waals surface area contributed by atoms with Gasteiger partial charge in [-0.25, -0.2) is 13.6 Å². The van der Waals surface area contributed by atoms with Crippen LogP contribution in [0.3, 0.4) is 0 Å². The molecular weight excluding hydrogens is 278 g/mol. The maximum Gasteiger partial charge on any atom is 0.238 e. The second-order valence-electron chi connectivity index (χ2n) is 5.80. The highest BCUT2D eigenvalue weighted by molar-refractivity contribution is 7.89. The van der Waals surface area contributed by atoms with Gasteiger partial charge in [0.2, 0.25) is 15.9 Å². The van der Waals surface area contributed by atoms with E-state index in [1.807, 2.05) is 20.8 Å². The number of hydrogen-bond donors (Lipinski definition) is 3. The Morgan fingerprint density at radius 3 is 2.45 bits per heavy atom. The van der Waals surface area contributed by atoms with Gasteiger partial charge in [-0.1, -0.05) is 26.8 Å². The molecule has 1 amide bonds. The molecule has 0 radical (unpaired) electrons. The van der Waals surface area contributed by atoms with Crippen LogP contribution in [0.1, 0.15) is 27.2 Å². The van der Waals surface area contributed by atoms with Gasteiger partial charge in [-0.15, -0.1) is 0 Å². The Kier molecular flexibility index (Phi) is 4.90. The van der Waals surface area contributed by atoms with Crippen LogP contribution in [-0.4, -0.2) is 20.4 Å². The highest BCUT2D eigenvalue weighted by Crippen LogP contribution is 2.20. The smallest absolute Gasteiger partial charge is 0.238 e. The van der Waals surface area contributed by atoms with Gasteiger partial charge < -0.3 is 11.1 Å². The maximum absolute atomic E-state index is 11.9. The molecule has 20 heavy (non-hydrogen) atoms. The van der Waals surface area contributed by atoms with E-state index in [2.05, 4.69) is 5.32 Å². The number of amides is 1. The quantitative estimate of drug-likeness (QED) is 0.770. The topological polar surface area (TPSA) is 115 Å². The average molecular weight is 299 g/mol. The molecule has 0 aromatic heterocycles. The number of nitrogens with one attached hydrogen (secondary N) is 1. The number of hydrogen-bond acceptors (Lipinski definition) is 4. The molecule has 0 aliphatic heterocycles. The molecule has 1 atom stereocenters. The predicted octanol–water partition coefficient (Wildman–Crippen LogP) is 1.04. The van der Waals surface area contributed by atoms with Crippen LogP contribution in [0.15, 0.2) is 29.2 Å². The van der Waals surface area contributed by atoms with Gasteiger partial charge in [-0.3, -0.25) is 4.79 Å². The van der Waals surface area contributed by atoms with E-state index in [1.54, 1.807) is 6.07 Å². The molecule has 1 aromatic rings. The average Bonchev–Trinajstić information content (AvgIpc) is 2.26. The van der Waals surface area contributed by atoms with E-state index in [4.69, 9.17) is 10.9 Å². The number of nitrogens with two attached hydrogens (primary N) is 2. The fraction of sp³-hybridized carbons (Fsp3) is 0.462. The zero-order valence-electron chi connectivity index (χ0n) is 11.9. The van der Waals surface area contributed by atoms with Crippen LogP contribution in [-0.2, 0) is 14.8 Å². The van der Waals surface area contributed by atoms with E-state index in [0.717, 1.165) is 0 Å². The molecule has 6 nitrogen and oxygen atoms in total. The SMILES string of the molecule is CC(C)(C)C(N)CC(=O)Nc1cccc(S(N)(=O)=O)c1. The molecular formula is C13H21N3O3S. The second kappa shape index (κ2) is 5.90. The number of rotatable bonds is 4. The van der Waals surface area contributed by atoms with Crippen molar-refractivity contribution in [3.8, 4) is 0 Å². The molecule has 5 N–H and O–H groups in total. The third-order valence-electron chi connectivity index (χ3n) is 2.96. The summed E-state index contributed by atoms with van der Waals surface area (Å²) in [5.41, 5.74) is 6.12. The Morgan fingerprint density at radius 2 is 1.95 bits per heavy atom. The summed E-state index contributed by atoms with van der Waals surface area (Å²) in [5, 5.41) is 7.65. The first-order valence-corrected chi connectivity index (χ1v) is 7.73. The van der Waals surface area contributed by atoms with Crippen LogP contribution in [0.5, 0.6) is 0 Å². The van der Waals surface area contributed by atoms with E-state index >= 15 is 0 Å². The standard InChI is InChI=1S/C13H21N3O3S/c1-13(2,3)11(14)8-12(17)16-9-5-4-6-10(7-9)20(15,18)19/h4-7,11H,8,14H2,1-3H3,(H,16,17)(H2,15,18,19). The lowest BCUT2D eigenvalue weighted by Gasteiger charge is -2.26. The van der Waals surface area contributed by atoms with E-state index < -0.39 is 10.0 Å². The highest BCUT2D eigenvalue weighted by Gasteiger charge is 2.23. The fourth-order valence-corrected chi connectivity index (χ4v) is 2.03. The largest absolute Gasteiger partial charge is 0.327 e. The first-order valence-electron chi connectivity index (χ1n) is 6.18. The summed E-state index contributed by atoms with van der Waals surface area (Å²) in [6, 6.07) is 5.50. The molecule has 0 aliphatic rings. The summed E-state index contributed by atoms with van der Waals surface area (Å²) in [6.45, 7) is 5.85. The van der Waals surface area contributed by atoms with Crippen molar-refractivity contribution in [2.45, 2.75) is 38.1 Å². The molecule has 0 saturated carbocycles. The van der Waals surface area contributed by atoms with Gasteiger partial charge in [0.05, 0.1) is 4.90 Å². The van der Waals surface area contributed by atoms with Crippen molar-refractivity contribution in [2.24, 2.45) is 16.3 Å². The number of carbonyl (C=O) groups is 1. The molecule has 0 saturated heterocycles. The zero-order chi connectivity index (χ0) is 15.6. The Bertz CT molecular complexity index is 591. The van der Waals surface area contributed by atoms with Crippen LogP contribution >= 0.6 is 0 Å². The first kappa shape index (κ1) is 16.6. The van der Waals surface area contributed by atoms with Crippen molar-refractivity contribution in [3.05, 3.63) is 24.3 Å². The van der Waals surface area contributed by atoms with Gasteiger partial charge in [0, 0.05) is 18.2 Å². The third kappa shape index (κ3) is 4.92. The number of carbonyl (C=O) groups excluding carboxylic acids is 1. The van der Waals surface area contributed by atoms with Crippen LogP contribution in [0.4, 0.5) is 5.69 Å². The van der Waals surface area contributed by atoms with Gasteiger partial charge >= 0.3 is 0 Å². The number of anilines is 1. The van der Waals surface area contributed by atoms with Crippen LogP contribution in [0.2, 0.25) is 0 Å². The summed E-state index contributed by atoms with van der Waals surface area (Å²) in [4.78, 5) is 11.8. The van der Waals surface area contributed by atoms with Gasteiger partial charge in [-0.2, -0.15) is 0 Å². The molecule has 112 valence electrons. The van der Waals surface area contributed by atoms with Crippen LogP contribution < -0.4 is 16.2 Å². The third-order valence-corrected chi connectivity index (χ3v) is 3.88. The summed E-state index contributed by atoms with van der Waals surface area (Å²) < 4.78 is 22.5. The fourth-order valence-electron chi connectivity index (χ4n) is 1.47. The Morgan fingerprint density at radius 1 is 1.35 bits per heavy atom. The van der Waals surface area contributed by atoms with Gasteiger partial charge in [-0.05, 0) is 23.6 Å². The second-order valence-corrected chi connectivity index (χ2v) is 7.36. The van der Waals surface area contributed by atoms with E-state index in [-0.39, 0.29) is 28.7 Å². The normalized spacial score (nSPS) is 13.8. The van der Waals surface area contributed by atoms with E-state index in [9.17, 15) is 13.2 Å². The lowest BCUT2D eigenvalue weighted by molar-refractivity contribution is -0.117. The van der Waals surface area contributed by atoms with Crippen molar-refractivity contribution in [1.82, 2.24) is 0 Å². The molecule has 0 fully saturated rings. The minimum Gasteiger partial charge on any atom is -0.327 e. The highest BCUT2D eigenvalue weighted by atomic mass is 32.2. The Hall–Kier alpha value is -1.44. The molecule has 0 spiro atoms. The van der Waals surface area contributed by atoms with Gasteiger partial charge in [0.25, 0.3) is 0 Å². The van der Waals surface area contributed by atoms with Gasteiger partial charge in [0.1, 0.15) is 0 Å². The van der Waals surface area contributed by atoms with Crippen molar-refractivity contribution >= 4 is 21.6 Å². The lowest BCUT2D eigenvalue weighted by Crippen LogP contribution is -2.38. The Labute approximate surface area is 119 Å².